The highest BCUT2D eigenvalue weighted by molar-refractivity contribution is 6.05. The second kappa shape index (κ2) is 9.01. The van der Waals surface area contributed by atoms with E-state index in [1.165, 1.54) is 0 Å². The van der Waals surface area contributed by atoms with Gasteiger partial charge in [0.1, 0.15) is 17.7 Å². The Bertz CT molecular complexity index is 1280. The predicted octanol–water partition coefficient (Wildman–Crippen LogP) is 3.06. The largest absolute Gasteiger partial charge is 0.342 e. The molecule has 0 spiro atoms. The number of aromatic nitrogens is 1. The van der Waals surface area contributed by atoms with Crippen LogP contribution in [-0.4, -0.2) is 51.4 Å². The van der Waals surface area contributed by atoms with Crippen molar-refractivity contribution in [1.29, 1.82) is 0 Å². The normalized spacial score (nSPS) is 23.0. The fourth-order valence-electron chi connectivity index (χ4n) is 4.65. The van der Waals surface area contributed by atoms with Crippen molar-refractivity contribution in [3.8, 4) is 0 Å². The van der Waals surface area contributed by atoms with Crippen LogP contribution in [0.1, 0.15) is 36.2 Å². The molecule has 3 aliphatic heterocycles. The van der Waals surface area contributed by atoms with Crippen molar-refractivity contribution < 1.29 is 14.2 Å². The fourth-order valence-corrected chi connectivity index (χ4v) is 4.65. The number of hydrogen-bond acceptors (Lipinski definition) is 6. The SMILES string of the molecule is CC(C)C(=O)N1CCC(C2=C3C=NC=C[N+]3(N)C(c3ccc(C(=O)Nc4ccccn4)cc3)=N2)C1. The number of pyridine rings is 1. The highest BCUT2D eigenvalue weighted by Crippen LogP contribution is 2.37. The van der Waals surface area contributed by atoms with E-state index in [-0.39, 0.29) is 28.2 Å². The number of quaternary nitrogens is 1. The smallest absolute Gasteiger partial charge is 0.264 e. The van der Waals surface area contributed by atoms with Gasteiger partial charge in [0.15, 0.2) is 0 Å². The van der Waals surface area contributed by atoms with Crippen LogP contribution in [0.3, 0.4) is 0 Å². The van der Waals surface area contributed by atoms with Crippen LogP contribution in [-0.2, 0) is 4.79 Å². The Morgan fingerprint density at radius 1 is 1.17 bits per heavy atom. The van der Waals surface area contributed by atoms with Gasteiger partial charge in [0.05, 0.1) is 18.0 Å². The molecule has 2 aromatic rings. The van der Waals surface area contributed by atoms with Crippen molar-refractivity contribution in [1.82, 2.24) is 9.88 Å². The Morgan fingerprint density at radius 3 is 2.69 bits per heavy atom. The van der Waals surface area contributed by atoms with Crippen LogP contribution in [0.5, 0.6) is 0 Å². The molecule has 178 valence electrons. The summed E-state index contributed by atoms with van der Waals surface area (Å²) in [7, 11) is 0. The number of fused-ring (bicyclic) bond motifs is 1. The molecular formula is C26H28N7O2+. The third kappa shape index (κ3) is 4.20. The molecule has 3 N–H and O–H groups in total. The van der Waals surface area contributed by atoms with Gasteiger partial charge in [0.2, 0.25) is 11.6 Å². The van der Waals surface area contributed by atoms with E-state index in [0.717, 1.165) is 23.4 Å². The number of nitrogens with zero attached hydrogens (tertiary/aromatic N) is 5. The number of likely N-dealkylation sites (tertiary alicyclic amines) is 1. The zero-order valence-electron chi connectivity index (χ0n) is 19.8. The summed E-state index contributed by atoms with van der Waals surface area (Å²) in [5, 5.41) is 2.79. The summed E-state index contributed by atoms with van der Waals surface area (Å²) < 4.78 is -0.0903. The third-order valence-corrected chi connectivity index (χ3v) is 6.51. The van der Waals surface area contributed by atoms with Crippen LogP contribution in [0.25, 0.3) is 0 Å². The minimum Gasteiger partial charge on any atom is -0.342 e. The molecule has 9 nitrogen and oxygen atoms in total. The van der Waals surface area contributed by atoms with Gasteiger partial charge in [-0.1, -0.05) is 19.9 Å². The van der Waals surface area contributed by atoms with Gasteiger partial charge in [0, 0.05) is 36.7 Å². The van der Waals surface area contributed by atoms with E-state index in [9.17, 15) is 9.59 Å². The van der Waals surface area contributed by atoms with Crippen molar-refractivity contribution in [2.24, 2.45) is 27.7 Å². The van der Waals surface area contributed by atoms with Crippen LogP contribution in [0.4, 0.5) is 5.82 Å². The first-order valence-electron chi connectivity index (χ1n) is 11.7. The molecule has 3 aliphatic rings. The summed E-state index contributed by atoms with van der Waals surface area (Å²) in [6.07, 6.45) is 7.68. The maximum absolute atomic E-state index is 12.6. The molecule has 2 unspecified atom stereocenters. The molecule has 0 saturated carbocycles. The number of amides is 2. The summed E-state index contributed by atoms with van der Waals surface area (Å²) >= 11 is 0. The number of carbonyl (C=O) groups excluding carboxylic acids is 2. The van der Waals surface area contributed by atoms with Crippen molar-refractivity contribution in [2.75, 3.05) is 18.4 Å². The summed E-state index contributed by atoms with van der Waals surface area (Å²) in [6.45, 7) is 5.17. The van der Waals surface area contributed by atoms with E-state index >= 15 is 0 Å². The zero-order valence-corrected chi connectivity index (χ0v) is 19.8. The molecule has 9 heteroatoms. The van der Waals surface area contributed by atoms with E-state index in [2.05, 4.69) is 15.3 Å². The van der Waals surface area contributed by atoms with E-state index in [4.69, 9.17) is 10.8 Å². The predicted molar refractivity (Wildman–Crippen MR) is 134 cm³/mol. The minimum atomic E-state index is -0.245. The number of allylic oxidation sites excluding steroid dienone is 1. The zero-order chi connectivity index (χ0) is 24.6. The van der Waals surface area contributed by atoms with Gasteiger partial charge in [-0.05, 0) is 42.8 Å². The van der Waals surface area contributed by atoms with Gasteiger partial charge in [0.25, 0.3) is 11.7 Å². The van der Waals surface area contributed by atoms with E-state index in [1.807, 2.05) is 36.9 Å². The first kappa shape index (κ1) is 22.8. The van der Waals surface area contributed by atoms with Crippen LogP contribution >= 0.6 is 0 Å². The summed E-state index contributed by atoms with van der Waals surface area (Å²) in [5.74, 6) is 7.96. The molecular weight excluding hydrogens is 442 g/mol. The highest BCUT2D eigenvalue weighted by atomic mass is 16.2. The third-order valence-electron chi connectivity index (χ3n) is 6.51. The van der Waals surface area contributed by atoms with Crippen LogP contribution in [0.2, 0.25) is 0 Å². The Labute approximate surface area is 203 Å². The number of amidine groups is 1. The van der Waals surface area contributed by atoms with Crippen LogP contribution in [0.15, 0.2) is 82.4 Å². The molecule has 1 fully saturated rings. The van der Waals surface area contributed by atoms with Crippen molar-refractivity contribution >= 4 is 29.7 Å². The Balaban J connectivity index is 1.40. The molecule has 2 atom stereocenters. The van der Waals surface area contributed by atoms with Crippen molar-refractivity contribution in [3.05, 3.63) is 83.6 Å². The fraction of sp³-hybridized carbons (Fsp3) is 0.269. The molecule has 5 rings (SSSR count). The molecule has 0 aliphatic carbocycles. The molecule has 2 amide bonds. The number of hydrogen-bond donors (Lipinski definition) is 2. The number of nitrogens with one attached hydrogen (secondary N) is 1. The maximum atomic E-state index is 12.6. The van der Waals surface area contributed by atoms with E-state index in [0.29, 0.717) is 30.3 Å². The summed E-state index contributed by atoms with van der Waals surface area (Å²) in [6, 6.07) is 12.5. The lowest BCUT2D eigenvalue weighted by molar-refractivity contribution is -0.750. The standard InChI is InChI=1S/C26H27N7O2/c1-17(2)26(35)32-13-10-20(16-32)23-21-15-28-12-14-33(21,27)24(31-23)18-6-8-19(9-7-18)25(34)30-22-5-3-4-11-29-22/h3-9,11-12,14-15,17,20H,10,13,16,27H2,1-2H3/p+1. The van der Waals surface area contributed by atoms with Crippen LogP contribution in [0, 0.1) is 11.8 Å². The molecule has 1 saturated heterocycles. The van der Waals surface area contributed by atoms with Crippen LogP contribution < -0.4 is 11.2 Å². The number of anilines is 1. The second-order valence-electron chi connectivity index (χ2n) is 9.23. The number of rotatable bonds is 5. The van der Waals surface area contributed by atoms with Gasteiger partial charge in [-0.3, -0.25) is 14.6 Å². The highest BCUT2D eigenvalue weighted by Gasteiger charge is 2.47. The number of nitrogens with two attached hydrogens (primary N) is 1. The molecule has 0 bridgehead atoms. The first-order chi connectivity index (χ1) is 16.9. The molecule has 4 heterocycles. The molecule has 35 heavy (non-hydrogen) atoms. The number of aliphatic imine (C=N–C) groups is 2. The molecule has 0 radical (unpaired) electrons. The number of carbonyl (C=O) groups is 2. The topological polar surface area (TPSA) is 113 Å². The van der Waals surface area contributed by atoms with E-state index in [1.54, 1.807) is 49.1 Å². The van der Waals surface area contributed by atoms with Gasteiger partial charge in [-0.15, -0.1) is 4.59 Å². The number of benzene rings is 1. The Hall–Kier alpha value is -3.95. The Kier molecular flexibility index (Phi) is 5.88. The second-order valence-corrected chi connectivity index (χ2v) is 9.23. The van der Waals surface area contributed by atoms with E-state index < -0.39 is 0 Å². The lowest BCUT2D eigenvalue weighted by Gasteiger charge is -2.26. The summed E-state index contributed by atoms with van der Waals surface area (Å²) in [5.41, 5.74) is 2.99. The Morgan fingerprint density at radius 2 is 1.97 bits per heavy atom. The van der Waals surface area contributed by atoms with Gasteiger partial charge in [-0.2, -0.15) is 10.8 Å². The lowest BCUT2D eigenvalue weighted by Crippen LogP contribution is -2.53. The van der Waals surface area contributed by atoms with Crippen molar-refractivity contribution in [3.63, 3.8) is 0 Å². The maximum Gasteiger partial charge on any atom is 0.264 e. The molecule has 1 aromatic carbocycles. The molecule has 1 aromatic heterocycles. The summed E-state index contributed by atoms with van der Waals surface area (Å²) in [4.78, 5) is 40.5. The van der Waals surface area contributed by atoms with Gasteiger partial charge in [-0.25, -0.2) is 4.98 Å². The first-order valence-corrected chi connectivity index (χ1v) is 11.7. The lowest BCUT2D eigenvalue weighted by atomic mass is 10.0. The minimum absolute atomic E-state index is 0.0361. The van der Waals surface area contributed by atoms with Gasteiger partial charge >= 0.3 is 0 Å². The average molecular weight is 471 g/mol. The van der Waals surface area contributed by atoms with Gasteiger partial charge < -0.3 is 10.2 Å². The average Bonchev–Trinajstić information content (AvgIpc) is 3.47. The van der Waals surface area contributed by atoms with Crippen molar-refractivity contribution in [2.45, 2.75) is 20.3 Å². The quantitative estimate of drug-likeness (QED) is 0.516. The monoisotopic (exact) mass is 470 g/mol.